The molecule has 1 aliphatic heterocycles. The second kappa shape index (κ2) is 5.56. The molecule has 0 bridgehead atoms. The van der Waals surface area contributed by atoms with E-state index >= 15 is 0 Å². The van der Waals surface area contributed by atoms with E-state index in [1.54, 1.807) is 4.90 Å². The Kier molecular flexibility index (Phi) is 4.68. The van der Waals surface area contributed by atoms with E-state index in [1.165, 1.54) is 6.08 Å². The Morgan fingerprint density at radius 1 is 1.43 bits per heavy atom. The molecule has 1 atom stereocenters. The Balaban J connectivity index is 2.66. The number of carbonyl (C=O) groups is 1. The van der Waals surface area contributed by atoms with Crippen molar-refractivity contribution in [3.8, 4) is 0 Å². The number of ether oxygens (including phenoxy) is 1. The fraction of sp³-hybridized carbons (Fsp3) is 0.625. The first-order chi connectivity index (χ1) is 6.61. The summed E-state index contributed by atoms with van der Waals surface area (Å²) in [7, 11) is 0. The van der Waals surface area contributed by atoms with Crippen LogP contribution in [-0.2, 0) is 9.53 Å². The predicted molar refractivity (Wildman–Crippen MR) is 53.6 cm³/mol. The van der Waals surface area contributed by atoms with E-state index in [4.69, 9.17) is 33.0 Å². The molecule has 0 aromatic heterocycles. The number of carboxylic acid groups (broad SMARTS) is 1. The molecular weight excluding hydrogens is 229 g/mol. The summed E-state index contributed by atoms with van der Waals surface area (Å²) in [4.78, 5) is 12.7. The van der Waals surface area contributed by atoms with Crippen LogP contribution in [0.4, 0.5) is 0 Å². The Morgan fingerprint density at radius 2 is 2.00 bits per heavy atom. The average Bonchev–Trinajstić information content (AvgIpc) is 2.15. The molecule has 0 aromatic carbocycles. The van der Waals surface area contributed by atoms with Gasteiger partial charge in [-0.15, -0.1) is 0 Å². The maximum Gasteiger partial charge on any atom is 0.325 e. The summed E-state index contributed by atoms with van der Waals surface area (Å²) in [6.45, 7) is 2.23. The first kappa shape index (κ1) is 11.8. The van der Waals surface area contributed by atoms with E-state index in [0.717, 1.165) is 0 Å². The minimum Gasteiger partial charge on any atom is -0.480 e. The van der Waals surface area contributed by atoms with Gasteiger partial charge in [0.1, 0.15) is 10.5 Å². The summed E-state index contributed by atoms with van der Waals surface area (Å²) in [6.07, 6.45) is 1.32. The molecule has 1 saturated heterocycles. The number of aliphatic carboxylic acids is 1. The zero-order valence-corrected chi connectivity index (χ0v) is 8.96. The van der Waals surface area contributed by atoms with Gasteiger partial charge in [0.05, 0.1) is 13.2 Å². The molecule has 1 heterocycles. The number of hydrogen-bond acceptors (Lipinski definition) is 3. The molecule has 0 amide bonds. The van der Waals surface area contributed by atoms with Gasteiger partial charge in [-0.3, -0.25) is 9.69 Å². The monoisotopic (exact) mass is 239 g/mol. The van der Waals surface area contributed by atoms with Gasteiger partial charge in [0.15, 0.2) is 0 Å². The lowest BCUT2D eigenvalue weighted by molar-refractivity contribution is -0.142. The maximum absolute atomic E-state index is 10.9. The zero-order valence-electron chi connectivity index (χ0n) is 7.45. The van der Waals surface area contributed by atoms with Crippen LogP contribution in [0.25, 0.3) is 0 Å². The normalized spacial score (nSPS) is 20.1. The SMILES string of the molecule is O=C(O)C(C=C(Cl)Cl)N1CCOCC1. The lowest BCUT2D eigenvalue weighted by atomic mass is 10.2. The minimum atomic E-state index is -0.953. The quantitative estimate of drug-likeness (QED) is 0.802. The number of halogens is 2. The molecule has 1 unspecified atom stereocenters. The highest BCUT2D eigenvalue weighted by atomic mass is 35.5. The van der Waals surface area contributed by atoms with Crippen LogP contribution in [0.15, 0.2) is 10.6 Å². The molecule has 0 spiro atoms. The molecule has 0 aliphatic carbocycles. The van der Waals surface area contributed by atoms with Gasteiger partial charge in [-0.1, -0.05) is 23.2 Å². The molecule has 0 radical (unpaired) electrons. The highest BCUT2D eigenvalue weighted by Gasteiger charge is 2.25. The van der Waals surface area contributed by atoms with Crippen molar-refractivity contribution in [1.29, 1.82) is 0 Å². The molecule has 1 N–H and O–H groups in total. The van der Waals surface area contributed by atoms with Gasteiger partial charge in [-0.25, -0.2) is 0 Å². The first-order valence-electron chi connectivity index (χ1n) is 4.18. The number of hydrogen-bond donors (Lipinski definition) is 1. The minimum absolute atomic E-state index is 0.0242. The summed E-state index contributed by atoms with van der Waals surface area (Å²) >= 11 is 10.9. The van der Waals surface area contributed by atoms with Gasteiger partial charge in [0.25, 0.3) is 0 Å². The number of rotatable bonds is 3. The van der Waals surface area contributed by atoms with Gasteiger partial charge < -0.3 is 9.84 Å². The van der Waals surface area contributed by atoms with Crippen molar-refractivity contribution in [2.75, 3.05) is 26.3 Å². The topological polar surface area (TPSA) is 49.8 Å². The molecule has 14 heavy (non-hydrogen) atoms. The Hall–Kier alpha value is -0.290. The first-order valence-corrected chi connectivity index (χ1v) is 4.94. The summed E-state index contributed by atoms with van der Waals surface area (Å²) in [5.74, 6) is -0.953. The number of carboxylic acids is 1. The third-order valence-corrected chi connectivity index (χ3v) is 2.23. The zero-order chi connectivity index (χ0) is 10.6. The van der Waals surface area contributed by atoms with Crippen molar-refractivity contribution in [3.63, 3.8) is 0 Å². The van der Waals surface area contributed by atoms with Crippen molar-refractivity contribution >= 4 is 29.2 Å². The summed E-state index contributed by atoms with van der Waals surface area (Å²) in [6, 6.07) is -0.760. The van der Waals surface area contributed by atoms with Crippen LogP contribution in [0.3, 0.4) is 0 Å². The van der Waals surface area contributed by atoms with E-state index in [-0.39, 0.29) is 4.49 Å². The van der Waals surface area contributed by atoms with Crippen molar-refractivity contribution in [2.45, 2.75) is 6.04 Å². The van der Waals surface area contributed by atoms with Crippen molar-refractivity contribution in [1.82, 2.24) is 4.90 Å². The summed E-state index contributed by atoms with van der Waals surface area (Å²) in [5, 5.41) is 8.93. The maximum atomic E-state index is 10.9. The van der Waals surface area contributed by atoms with E-state index < -0.39 is 12.0 Å². The second-order valence-electron chi connectivity index (χ2n) is 2.89. The van der Waals surface area contributed by atoms with E-state index in [9.17, 15) is 4.79 Å². The van der Waals surface area contributed by atoms with Crippen LogP contribution < -0.4 is 0 Å². The lowest BCUT2D eigenvalue weighted by Gasteiger charge is -2.30. The largest absolute Gasteiger partial charge is 0.480 e. The number of morpholine rings is 1. The molecule has 4 nitrogen and oxygen atoms in total. The average molecular weight is 240 g/mol. The van der Waals surface area contributed by atoms with E-state index in [2.05, 4.69) is 0 Å². The molecule has 0 aromatic rings. The van der Waals surface area contributed by atoms with Crippen LogP contribution in [0.1, 0.15) is 0 Å². The smallest absolute Gasteiger partial charge is 0.325 e. The lowest BCUT2D eigenvalue weighted by Crippen LogP contribution is -2.46. The Labute approximate surface area is 92.0 Å². The second-order valence-corrected chi connectivity index (χ2v) is 3.90. The Morgan fingerprint density at radius 3 is 2.43 bits per heavy atom. The number of nitrogens with zero attached hydrogens (tertiary/aromatic N) is 1. The molecule has 1 rings (SSSR count). The Bertz CT molecular complexity index is 235. The van der Waals surface area contributed by atoms with Gasteiger partial charge in [-0.05, 0) is 6.08 Å². The van der Waals surface area contributed by atoms with Crippen molar-refractivity contribution in [2.24, 2.45) is 0 Å². The van der Waals surface area contributed by atoms with Crippen molar-refractivity contribution in [3.05, 3.63) is 10.6 Å². The molecule has 6 heteroatoms. The third kappa shape index (κ3) is 3.46. The molecule has 80 valence electrons. The van der Waals surface area contributed by atoms with Gasteiger partial charge >= 0.3 is 5.97 Å². The summed E-state index contributed by atoms with van der Waals surface area (Å²) < 4.78 is 5.09. The highest BCUT2D eigenvalue weighted by molar-refractivity contribution is 6.56. The van der Waals surface area contributed by atoms with Gasteiger partial charge in [-0.2, -0.15) is 0 Å². The standard InChI is InChI=1S/C8H11Cl2NO3/c9-7(10)5-6(8(12)13)11-1-3-14-4-2-11/h5-6H,1-4H2,(H,12,13). The van der Waals surface area contributed by atoms with E-state index in [1.807, 2.05) is 0 Å². The highest BCUT2D eigenvalue weighted by Crippen LogP contribution is 2.13. The van der Waals surface area contributed by atoms with Crippen LogP contribution in [0.2, 0.25) is 0 Å². The molecule has 1 fully saturated rings. The van der Waals surface area contributed by atoms with E-state index in [0.29, 0.717) is 26.3 Å². The third-order valence-electron chi connectivity index (χ3n) is 1.98. The predicted octanol–water partition coefficient (Wildman–Crippen LogP) is 1.09. The van der Waals surface area contributed by atoms with Gasteiger partial charge in [0.2, 0.25) is 0 Å². The van der Waals surface area contributed by atoms with Crippen molar-refractivity contribution < 1.29 is 14.6 Å². The summed E-state index contributed by atoms with van der Waals surface area (Å²) in [5.41, 5.74) is 0. The fourth-order valence-corrected chi connectivity index (χ4v) is 1.55. The fourth-order valence-electron chi connectivity index (χ4n) is 1.31. The van der Waals surface area contributed by atoms with Crippen LogP contribution in [-0.4, -0.2) is 48.3 Å². The van der Waals surface area contributed by atoms with Crippen LogP contribution in [0.5, 0.6) is 0 Å². The molecular formula is C8H11Cl2NO3. The molecule has 1 aliphatic rings. The molecule has 0 saturated carbocycles. The van der Waals surface area contributed by atoms with Crippen LogP contribution >= 0.6 is 23.2 Å². The van der Waals surface area contributed by atoms with Gasteiger partial charge in [0, 0.05) is 13.1 Å². The van der Waals surface area contributed by atoms with Crippen LogP contribution in [0, 0.1) is 0 Å².